The van der Waals surface area contributed by atoms with Gasteiger partial charge in [-0.15, -0.1) is 11.3 Å². The van der Waals surface area contributed by atoms with Gasteiger partial charge >= 0.3 is 0 Å². The molecule has 0 bridgehead atoms. The number of nitrogens with zero attached hydrogens (tertiary/aromatic N) is 1. The Labute approximate surface area is 116 Å². The van der Waals surface area contributed by atoms with E-state index in [9.17, 15) is 4.79 Å². The molecule has 2 rings (SSSR count). The minimum absolute atomic E-state index is 0.0339. The molecule has 5 heteroatoms. The molecule has 1 heterocycles. The quantitative estimate of drug-likeness (QED) is 0.878. The first-order chi connectivity index (χ1) is 9.20. The minimum Gasteiger partial charge on any atom is -0.344 e. The standard InChI is InChI=1S/C14H17N3OS/c1-10(11-5-3-2-4-6-11)16-14(18)12-9-19-13(17-12)7-8-15/h2-6,9-10H,7-8,15H2,1H3,(H,16,18)/t10-/m0/s1. The highest BCUT2D eigenvalue weighted by atomic mass is 32.1. The topological polar surface area (TPSA) is 68.0 Å². The number of benzene rings is 1. The van der Waals surface area contributed by atoms with Crippen LogP contribution >= 0.6 is 11.3 Å². The zero-order valence-corrected chi connectivity index (χ0v) is 11.6. The first-order valence-electron chi connectivity index (χ1n) is 6.21. The number of nitrogens with one attached hydrogen (secondary N) is 1. The Balaban J connectivity index is 2.00. The monoisotopic (exact) mass is 275 g/mol. The van der Waals surface area contributed by atoms with Gasteiger partial charge in [-0.05, 0) is 19.0 Å². The van der Waals surface area contributed by atoms with Crippen LogP contribution in [0.4, 0.5) is 0 Å². The summed E-state index contributed by atoms with van der Waals surface area (Å²) >= 11 is 1.47. The summed E-state index contributed by atoms with van der Waals surface area (Å²) in [5.41, 5.74) is 7.01. The fraction of sp³-hybridized carbons (Fsp3) is 0.286. The second-order valence-corrected chi connectivity index (χ2v) is 5.21. The van der Waals surface area contributed by atoms with E-state index in [1.54, 1.807) is 5.38 Å². The van der Waals surface area contributed by atoms with Crippen LogP contribution in [0.25, 0.3) is 0 Å². The second kappa shape index (κ2) is 6.45. The highest BCUT2D eigenvalue weighted by Crippen LogP contribution is 2.14. The average Bonchev–Trinajstić information content (AvgIpc) is 2.89. The Bertz CT molecular complexity index is 539. The number of aromatic nitrogens is 1. The lowest BCUT2D eigenvalue weighted by Crippen LogP contribution is -2.26. The summed E-state index contributed by atoms with van der Waals surface area (Å²) in [6.07, 6.45) is 0.714. The van der Waals surface area contributed by atoms with Crippen molar-refractivity contribution >= 4 is 17.2 Å². The van der Waals surface area contributed by atoms with Crippen molar-refractivity contribution in [2.24, 2.45) is 5.73 Å². The molecular formula is C14H17N3OS. The van der Waals surface area contributed by atoms with Gasteiger partial charge < -0.3 is 11.1 Å². The maximum absolute atomic E-state index is 12.0. The van der Waals surface area contributed by atoms with Crippen molar-refractivity contribution in [1.29, 1.82) is 0 Å². The maximum Gasteiger partial charge on any atom is 0.271 e. The smallest absolute Gasteiger partial charge is 0.271 e. The predicted octanol–water partition coefficient (Wildman–Crippen LogP) is 2.14. The van der Waals surface area contributed by atoms with E-state index in [2.05, 4.69) is 10.3 Å². The molecule has 0 fully saturated rings. The Kier molecular flexibility index (Phi) is 4.65. The third-order valence-corrected chi connectivity index (χ3v) is 3.70. The molecule has 100 valence electrons. The highest BCUT2D eigenvalue weighted by molar-refractivity contribution is 7.09. The van der Waals surface area contributed by atoms with Gasteiger partial charge in [0, 0.05) is 11.8 Å². The third kappa shape index (κ3) is 3.62. The van der Waals surface area contributed by atoms with Crippen LogP contribution in [0.3, 0.4) is 0 Å². The molecule has 19 heavy (non-hydrogen) atoms. The normalized spacial score (nSPS) is 12.1. The van der Waals surface area contributed by atoms with E-state index >= 15 is 0 Å². The summed E-state index contributed by atoms with van der Waals surface area (Å²) in [7, 11) is 0. The van der Waals surface area contributed by atoms with Gasteiger partial charge in [0.2, 0.25) is 0 Å². The molecular weight excluding hydrogens is 258 g/mol. The van der Waals surface area contributed by atoms with Gasteiger partial charge in [-0.1, -0.05) is 30.3 Å². The number of amides is 1. The number of carbonyl (C=O) groups is 1. The number of hydrogen-bond acceptors (Lipinski definition) is 4. The Hall–Kier alpha value is -1.72. The zero-order chi connectivity index (χ0) is 13.7. The van der Waals surface area contributed by atoms with Crippen molar-refractivity contribution in [2.45, 2.75) is 19.4 Å². The van der Waals surface area contributed by atoms with Crippen molar-refractivity contribution < 1.29 is 4.79 Å². The fourth-order valence-electron chi connectivity index (χ4n) is 1.75. The van der Waals surface area contributed by atoms with E-state index in [0.29, 0.717) is 18.7 Å². The molecule has 3 N–H and O–H groups in total. The number of nitrogens with two attached hydrogens (primary N) is 1. The lowest BCUT2D eigenvalue weighted by molar-refractivity contribution is 0.0935. The fourth-order valence-corrected chi connectivity index (χ4v) is 2.54. The number of hydrogen-bond donors (Lipinski definition) is 2. The lowest BCUT2D eigenvalue weighted by atomic mass is 10.1. The van der Waals surface area contributed by atoms with Crippen molar-refractivity contribution in [3.8, 4) is 0 Å². The van der Waals surface area contributed by atoms with Crippen molar-refractivity contribution in [2.75, 3.05) is 6.54 Å². The molecule has 0 spiro atoms. The van der Waals surface area contributed by atoms with Crippen molar-refractivity contribution in [3.05, 3.63) is 52.0 Å². The Morgan fingerprint density at radius 2 is 2.16 bits per heavy atom. The summed E-state index contributed by atoms with van der Waals surface area (Å²) < 4.78 is 0. The summed E-state index contributed by atoms with van der Waals surface area (Å²) in [6, 6.07) is 9.82. The van der Waals surface area contributed by atoms with Gasteiger partial charge in [-0.3, -0.25) is 4.79 Å². The van der Waals surface area contributed by atoms with Gasteiger partial charge in [0.25, 0.3) is 5.91 Å². The van der Waals surface area contributed by atoms with Crippen LogP contribution in [-0.2, 0) is 6.42 Å². The number of rotatable bonds is 5. The molecule has 0 unspecified atom stereocenters. The van der Waals surface area contributed by atoms with E-state index in [0.717, 1.165) is 10.6 Å². The Morgan fingerprint density at radius 3 is 2.84 bits per heavy atom. The van der Waals surface area contributed by atoms with Crippen LogP contribution in [-0.4, -0.2) is 17.4 Å². The minimum atomic E-state index is -0.143. The molecule has 0 aliphatic heterocycles. The van der Waals surface area contributed by atoms with Gasteiger partial charge in [-0.25, -0.2) is 4.98 Å². The highest BCUT2D eigenvalue weighted by Gasteiger charge is 2.14. The molecule has 0 aliphatic rings. The van der Waals surface area contributed by atoms with E-state index < -0.39 is 0 Å². The first-order valence-corrected chi connectivity index (χ1v) is 7.09. The molecule has 1 atom stereocenters. The molecule has 0 radical (unpaired) electrons. The molecule has 2 aromatic rings. The second-order valence-electron chi connectivity index (χ2n) is 4.27. The van der Waals surface area contributed by atoms with E-state index in [-0.39, 0.29) is 11.9 Å². The third-order valence-electron chi connectivity index (χ3n) is 2.79. The molecule has 4 nitrogen and oxygen atoms in total. The Morgan fingerprint density at radius 1 is 1.42 bits per heavy atom. The van der Waals surface area contributed by atoms with Gasteiger partial charge in [0.05, 0.1) is 11.0 Å². The van der Waals surface area contributed by atoms with Crippen LogP contribution in [0, 0.1) is 0 Å². The van der Waals surface area contributed by atoms with Crippen LogP contribution in [0.15, 0.2) is 35.7 Å². The van der Waals surface area contributed by atoms with Gasteiger partial charge in [0.1, 0.15) is 5.69 Å². The molecule has 1 aromatic heterocycles. The van der Waals surface area contributed by atoms with Crippen molar-refractivity contribution in [3.63, 3.8) is 0 Å². The maximum atomic E-state index is 12.0. The molecule has 0 saturated heterocycles. The molecule has 1 aromatic carbocycles. The van der Waals surface area contributed by atoms with Gasteiger partial charge in [0.15, 0.2) is 0 Å². The van der Waals surface area contributed by atoms with E-state index in [1.807, 2.05) is 37.3 Å². The summed E-state index contributed by atoms with van der Waals surface area (Å²) in [5, 5.41) is 5.62. The predicted molar refractivity (Wildman–Crippen MR) is 77.2 cm³/mol. The molecule has 1 amide bonds. The van der Waals surface area contributed by atoms with Crippen LogP contribution in [0.2, 0.25) is 0 Å². The van der Waals surface area contributed by atoms with Crippen molar-refractivity contribution in [1.82, 2.24) is 10.3 Å². The van der Waals surface area contributed by atoms with Crippen LogP contribution < -0.4 is 11.1 Å². The zero-order valence-electron chi connectivity index (χ0n) is 10.8. The molecule has 0 saturated carbocycles. The van der Waals surface area contributed by atoms with Crippen LogP contribution in [0.5, 0.6) is 0 Å². The van der Waals surface area contributed by atoms with Crippen LogP contribution in [0.1, 0.15) is 34.0 Å². The van der Waals surface area contributed by atoms with E-state index in [4.69, 9.17) is 5.73 Å². The SMILES string of the molecule is C[C@H](NC(=O)c1csc(CCN)n1)c1ccccc1. The number of thiazole rings is 1. The summed E-state index contributed by atoms with van der Waals surface area (Å²) in [6.45, 7) is 2.51. The number of carbonyl (C=O) groups excluding carboxylic acids is 1. The largest absolute Gasteiger partial charge is 0.344 e. The lowest BCUT2D eigenvalue weighted by Gasteiger charge is -2.13. The van der Waals surface area contributed by atoms with Gasteiger partial charge in [-0.2, -0.15) is 0 Å². The molecule has 0 aliphatic carbocycles. The summed E-state index contributed by atoms with van der Waals surface area (Å²) in [5.74, 6) is -0.143. The summed E-state index contributed by atoms with van der Waals surface area (Å²) in [4.78, 5) is 16.3. The average molecular weight is 275 g/mol. The first kappa shape index (κ1) is 13.7. The van der Waals surface area contributed by atoms with E-state index in [1.165, 1.54) is 11.3 Å².